The molecular weight excluding hydrogens is 325 g/mol. The van der Waals surface area contributed by atoms with Crippen LogP contribution in [0.25, 0.3) is 0 Å². The van der Waals surface area contributed by atoms with Crippen LogP contribution in [0.2, 0.25) is 0 Å². The molecule has 2 aromatic rings. The van der Waals surface area contributed by atoms with E-state index < -0.39 is 11.6 Å². The number of ether oxygens (including phenoxy) is 1. The number of aliphatic carboxylic acids is 1. The second kappa shape index (κ2) is 7.79. The number of halogens is 1. The maximum absolute atomic E-state index is 12.9. The molecule has 0 unspecified atom stereocenters. The number of hydrogen-bond acceptors (Lipinski definition) is 3. The van der Waals surface area contributed by atoms with Crippen molar-refractivity contribution in [3.05, 3.63) is 59.9 Å². The summed E-state index contributed by atoms with van der Waals surface area (Å²) >= 11 is 0. The number of carbonyl (C=O) groups is 2. The average molecular weight is 345 g/mol. The number of aryl methyl sites for hydroxylation is 1. The van der Waals surface area contributed by atoms with Gasteiger partial charge in [-0.1, -0.05) is 12.1 Å². The Kier molecular flexibility index (Phi) is 5.75. The van der Waals surface area contributed by atoms with E-state index in [0.29, 0.717) is 17.9 Å². The average Bonchev–Trinajstić information content (AvgIpc) is 2.55. The Labute approximate surface area is 145 Å². The highest BCUT2D eigenvalue weighted by atomic mass is 19.1. The minimum atomic E-state index is -1.17. The highest BCUT2D eigenvalue weighted by Gasteiger charge is 2.30. The van der Waals surface area contributed by atoms with Gasteiger partial charge in [-0.15, -0.1) is 0 Å². The van der Waals surface area contributed by atoms with Crippen molar-refractivity contribution in [2.45, 2.75) is 32.3 Å². The Morgan fingerprint density at radius 2 is 1.84 bits per heavy atom. The topological polar surface area (TPSA) is 75.6 Å². The predicted octanol–water partition coefficient (Wildman–Crippen LogP) is 3.64. The molecule has 0 aliphatic heterocycles. The van der Waals surface area contributed by atoms with Crippen molar-refractivity contribution in [2.75, 3.05) is 5.32 Å². The first-order chi connectivity index (χ1) is 11.8. The van der Waals surface area contributed by atoms with Gasteiger partial charge in [0.1, 0.15) is 11.6 Å². The van der Waals surface area contributed by atoms with Gasteiger partial charge >= 0.3 is 5.97 Å². The molecule has 0 atom stereocenters. The largest absolute Gasteiger partial charge is 0.481 e. The summed E-state index contributed by atoms with van der Waals surface area (Å²) in [6.45, 7) is 3.22. The van der Waals surface area contributed by atoms with E-state index in [4.69, 9.17) is 9.84 Å². The maximum Gasteiger partial charge on any atom is 0.303 e. The summed E-state index contributed by atoms with van der Waals surface area (Å²) in [6.07, 6.45) is 0.408. The summed E-state index contributed by atoms with van der Waals surface area (Å²) in [5, 5.41) is 11.5. The van der Waals surface area contributed by atoms with Gasteiger partial charge in [0.05, 0.1) is 0 Å². The Morgan fingerprint density at radius 3 is 2.48 bits per heavy atom. The number of carboxylic acids is 1. The van der Waals surface area contributed by atoms with Gasteiger partial charge < -0.3 is 15.2 Å². The highest BCUT2D eigenvalue weighted by molar-refractivity contribution is 5.97. The van der Waals surface area contributed by atoms with Crippen LogP contribution in [0.3, 0.4) is 0 Å². The lowest BCUT2D eigenvalue weighted by Crippen LogP contribution is -2.42. The standard InChI is InChI=1S/C19H20FNO4/c1-19(2,25-16-9-7-14(20)8-10-16)18(24)21-15-5-3-4-13(12-15)6-11-17(22)23/h3-5,7-10,12H,6,11H2,1-2H3,(H,21,24)(H,22,23). The van der Waals surface area contributed by atoms with E-state index >= 15 is 0 Å². The van der Waals surface area contributed by atoms with E-state index in [-0.39, 0.29) is 18.1 Å². The fourth-order valence-electron chi connectivity index (χ4n) is 2.18. The summed E-state index contributed by atoms with van der Waals surface area (Å²) in [4.78, 5) is 23.1. The van der Waals surface area contributed by atoms with Gasteiger partial charge in [0.25, 0.3) is 5.91 Å². The third-order valence-corrected chi connectivity index (χ3v) is 3.55. The zero-order valence-corrected chi connectivity index (χ0v) is 14.1. The van der Waals surface area contributed by atoms with Crippen LogP contribution in [0.4, 0.5) is 10.1 Å². The van der Waals surface area contributed by atoms with E-state index in [1.165, 1.54) is 24.3 Å². The predicted molar refractivity (Wildman–Crippen MR) is 92.1 cm³/mol. The number of carbonyl (C=O) groups excluding carboxylic acids is 1. The van der Waals surface area contributed by atoms with Crippen LogP contribution in [-0.4, -0.2) is 22.6 Å². The third-order valence-electron chi connectivity index (χ3n) is 3.55. The second-order valence-corrected chi connectivity index (χ2v) is 6.11. The minimum absolute atomic E-state index is 0.0244. The third kappa shape index (κ3) is 5.60. The molecule has 6 heteroatoms. The fraction of sp³-hybridized carbons (Fsp3) is 0.263. The van der Waals surface area contributed by atoms with Crippen molar-refractivity contribution < 1.29 is 23.8 Å². The molecule has 2 N–H and O–H groups in total. The van der Waals surface area contributed by atoms with Gasteiger partial charge in [0, 0.05) is 12.1 Å². The van der Waals surface area contributed by atoms with Gasteiger partial charge in [-0.3, -0.25) is 9.59 Å². The molecular formula is C19H20FNO4. The molecule has 0 saturated heterocycles. The number of nitrogens with one attached hydrogen (secondary N) is 1. The molecule has 2 rings (SSSR count). The second-order valence-electron chi connectivity index (χ2n) is 6.11. The Morgan fingerprint density at radius 1 is 1.16 bits per heavy atom. The van der Waals surface area contributed by atoms with Crippen LogP contribution in [0, 0.1) is 5.82 Å². The zero-order chi connectivity index (χ0) is 18.4. The molecule has 0 aliphatic carbocycles. The smallest absolute Gasteiger partial charge is 0.303 e. The highest BCUT2D eigenvalue weighted by Crippen LogP contribution is 2.21. The zero-order valence-electron chi connectivity index (χ0n) is 14.1. The molecule has 0 saturated carbocycles. The van der Waals surface area contributed by atoms with Gasteiger partial charge in [0.2, 0.25) is 0 Å². The molecule has 5 nitrogen and oxygen atoms in total. The minimum Gasteiger partial charge on any atom is -0.481 e. The number of anilines is 1. The van der Waals surface area contributed by atoms with Crippen LogP contribution in [0.1, 0.15) is 25.8 Å². The number of amides is 1. The van der Waals surface area contributed by atoms with E-state index in [9.17, 15) is 14.0 Å². The van der Waals surface area contributed by atoms with Gasteiger partial charge in [-0.25, -0.2) is 4.39 Å². The van der Waals surface area contributed by atoms with Crippen molar-refractivity contribution in [3.8, 4) is 5.75 Å². The molecule has 2 aromatic carbocycles. The van der Waals surface area contributed by atoms with Gasteiger partial charge in [0.15, 0.2) is 5.60 Å². The first-order valence-corrected chi connectivity index (χ1v) is 7.83. The molecule has 132 valence electrons. The van der Waals surface area contributed by atoms with Crippen LogP contribution < -0.4 is 10.1 Å². The summed E-state index contributed by atoms with van der Waals surface area (Å²) in [7, 11) is 0. The Bertz CT molecular complexity index is 756. The Balaban J connectivity index is 2.03. The number of benzene rings is 2. The van der Waals surface area contributed by atoms with E-state index in [1.807, 2.05) is 0 Å². The number of hydrogen-bond donors (Lipinski definition) is 2. The van der Waals surface area contributed by atoms with E-state index in [0.717, 1.165) is 5.56 Å². The first-order valence-electron chi connectivity index (χ1n) is 7.83. The summed E-state index contributed by atoms with van der Waals surface area (Å²) in [5.74, 6) is -1.24. The van der Waals surface area contributed by atoms with Crippen LogP contribution >= 0.6 is 0 Å². The van der Waals surface area contributed by atoms with E-state index in [2.05, 4.69) is 5.32 Å². The monoisotopic (exact) mass is 345 g/mol. The fourth-order valence-corrected chi connectivity index (χ4v) is 2.18. The molecule has 0 bridgehead atoms. The lowest BCUT2D eigenvalue weighted by Gasteiger charge is -2.25. The first kappa shape index (κ1) is 18.4. The molecule has 0 fully saturated rings. The van der Waals surface area contributed by atoms with Gasteiger partial charge in [-0.2, -0.15) is 0 Å². The molecule has 0 radical (unpaired) electrons. The van der Waals surface area contributed by atoms with Crippen molar-refractivity contribution in [3.63, 3.8) is 0 Å². The molecule has 0 spiro atoms. The van der Waals surface area contributed by atoms with Crippen molar-refractivity contribution in [1.29, 1.82) is 0 Å². The number of rotatable bonds is 7. The number of carboxylic acid groups (broad SMARTS) is 1. The van der Waals surface area contributed by atoms with Crippen molar-refractivity contribution in [2.24, 2.45) is 0 Å². The van der Waals surface area contributed by atoms with Crippen molar-refractivity contribution in [1.82, 2.24) is 0 Å². The summed E-state index contributed by atoms with van der Waals surface area (Å²) < 4.78 is 18.6. The maximum atomic E-state index is 12.9. The molecule has 0 heterocycles. The SMILES string of the molecule is CC(C)(Oc1ccc(F)cc1)C(=O)Nc1cccc(CCC(=O)O)c1. The lowest BCUT2D eigenvalue weighted by atomic mass is 10.1. The molecule has 0 aliphatic rings. The lowest BCUT2D eigenvalue weighted by molar-refractivity contribution is -0.137. The Hall–Kier alpha value is -2.89. The van der Waals surface area contributed by atoms with Crippen LogP contribution in [0.5, 0.6) is 5.75 Å². The molecule has 1 amide bonds. The normalized spacial score (nSPS) is 11.0. The van der Waals surface area contributed by atoms with Crippen LogP contribution in [-0.2, 0) is 16.0 Å². The van der Waals surface area contributed by atoms with Crippen molar-refractivity contribution >= 4 is 17.6 Å². The summed E-state index contributed by atoms with van der Waals surface area (Å²) in [5.41, 5.74) is 0.204. The van der Waals surface area contributed by atoms with E-state index in [1.54, 1.807) is 38.1 Å². The quantitative estimate of drug-likeness (QED) is 0.803. The van der Waals surface area contributed by atoms with Gasteiger partial charge in [-0.05, 0) is 62.2 Å². The summed E-state index contributed by atoms with van der Waals surface area (Å²) in [6, 6.07) is 12.4. The molecule has 25 heavy (non-hydrogen) atoms. The molecule has 0 aromatic heterocycles. The van der Waals surface area contributed by atoms with Crippen LogP contribution in [0.15, 0.2) is 48.5 Å².